The van der Waals surface area contributed by atoms with Crippen molar-refractivity contribution < 1.29 is 4.79 Å². The Kier molecular flexibility index (Phi) is 11.5. The second-order valence-corrected chi connectivity index (χ2v) is 6.74. The van der Waals surface area contributed by atoms with E-state index in [2.05, 4.69) is 9.80 Å². The molecule has 2 rings (SSSR count). The topological polar surface area (TPSA) is 49.6 Å². The Balaban J connectivity index is 0.00000220. The summed E-state index contributed by atoms with van der Waals surface area (Å²) >= 11 is 0. The average molecular weight is 354 g/mol. The van der Waals surface area contributed by atoms with E-state index in [4.69, 9.17) is 5.73 Å². The van der Waals surface area contributed by atoms with E-state index in [1.54, 1.807) is 0 Å². The van der Waals surface area contributed by atoms with Gasteiger partial charge in [-0.25, -0.2) is 0 Å². The van der Waals surface area contributed by atoms with Crippen LogP contribution in [-0.2, 0) is 4.79 Å². The first-order valence-electron chi connectivity index (χ1n) is 8.41. The van der Waals surface area contributed by atoms with Crippen LogP contribution < -0.4 is 5.73 Å². The number of carbonyl (C=O) groups is 1. The number of nitrogens with two attached hydrogens (primary N) is 1. The molecule has 132 valence electrons. The smallest absolute Gasteiger partial charge is 0.224 e. The van der Waals surface area contributed by atoms with Crippen molar-refractivity contribution in [1.82, 2.24) is 9.80 Å². The van der Waals surface area contributed by atoms with Gasteiger partial charge in [0.2, 0.25) is 5.91 Å². The van der Waals surface area contributed by atoms with Crippen molar-refractivity contribution in [2.45, 2.75) is 57.9 Å². The molecule has 22 heavy (non-hydrogen) atoms. The normalized spacial score (nSPS) is 24.6. The van der Waals surface area contributed by atoms with Gasteiger partial charge in [0.1, 0.15) is 0 Å². The van der Waals surface area contributed by atoms with Crippen LogP contribution in [0.1, 0.15) is 51.9 Å². The highest BCUT2D eigenvalue weighted by molar-refractivity contribution is 5.85. The Morgan fingerprint density at radius 3 is 2.32 bits per heavy atom. The number of piperidine rings is 1. The summed E-state index contributed by atoms with van der Waals surface area (Å²) < 4.78 is 0. The minimum absolute atomic E-state index is 0. The van der Waals surface area contributed by atoms with Crippen LogP contribution in [-0.4, -0.2) is 54.5 Å². The van der Waals surface area contributed by atoms with Crippen molar-refractivity contribution in [2.75, 3.05) is 32.7 Å². The molecule has 0 aromatic heterocycles. The molecule has 0 aliphatic carbocycles. The van der Waals surface area contributed by atoms with Gasteiger partial charge < -0.3 is 15.5 Å². The summed E-state index contributed by atoms with van der Waals surface area (Å²) in [4.78, 5) is 16.8. The van der Waals surface area contributed by atoms with E-state index < -0.39 is 0 Å². The van der Waals surface area contributed by atoms with E-state index in [0.29, 0.717) is 12.3 Å². The molecule has 2 saturated heterocycles. The minimum Gasteiger partial charge on any atom is -0.342 e. The zero-order valence-corrected chi connectivity index (χ0v) is 15.5. The Morgan fingerprint density at radius 1 is 1.09 bits per heavy atom. The third-order valence-corrected chi connectivity index (χ3v) is 4.58. The van der Waals surface area contributed by atoms with Crippen LogP contribution in [0.2, 0.25) is 0 Å². The van der Waals surface area contributed by atoms with Gasteiger partial charge in [-0.3, -0.25) is 4.79 Å². The molecular weight excluding hydrogens is 321 g/mol. The zero-order valence-electron chi connectivity index (χ0n) is 13.8. The van der Waals surface area contributed by atoms with Gasteiger partial charge in [0.05, 0.1) is 0 Å². The maximum atomic E-state index is 12.1. The molecule has 2 aliphatic rings. The van der Waals surface area contributed by atoms with Crippen molar-refractivity contribution in [2.24, 2.45) is 11.7 Å². The number of rotatable bonds is 4. The van der Waals surface area contributed by atoms with Crippen LogP contribution in [0.4, 0.5) is 0 Å². The standard InChI is InChI=1S/C16H31N3O.2ClH/c1-14(17)11-16(20)19-10-6-7-15(13-19)12-18-8-4-2-3-5-9-18;;/h14-15H,2-13,17H2,1H3;2*1H. The Morgan fingerprint density at radius 2 is 1.73 bits per heavy atom. The van der Waals surface area contributed by atoms with Gasteiger partial charge in [0.15, 0.2) is 0 Å². The summed E-state index contributed by atoms with van der Waals surface area (Å²) in [7, 11) is 0. The van der Waals surface area contributed by atoms with Gasteiger partial charge in [-0.1, -0.05) is 12.8 Å². The van der Waals surface area contributed by atoms with E-state index in [-0.39, 0.29) is 36.8 Å². The van der Waals surface area contributed by atoms with Crippen LogP contribution in [0, 0.1) is 5.92 Å². The molecule has 0 radical (unpaired) electrons. The first-order valence-corrected chi connectivity index (χ1v) is 8.41. The maximum Gasteiger partial charge on any atom is 0.224 e. The van der Waals surface area contributed by atoms with Crippen molar-refractivity contribution >= 4 is 30.7 Å². The predicted octanol–water partition coefficient (Wildman–Crippen LogP) is 2.68. The second kappa shape index (κ2) is 11.5. The lowest BCUT2D eigenvalue weighted by atomic mass is 9.96. The lowest BCUT2D eigenvalue weighted by Gasteiger charge is -2.35. The number of carbonyl (C=O) groups excluding carboxylic acids is 1. The molecule has 0 bridgehead atoms. The molecule has 0 saturated carbocycles. The largest absolute Gasteiger partial charge is 0.342 e. The number of likely N-dealkylation sites (tertiary alicyclic amines) is 2. The molecule has 0 spiro atoms. The van der Waals surface area contributed by atoms with Crippen molar-refractivity contribution in [3.63, 3.8) is 0 Å². The summed E-state index contributed by atoms with van der Waals surface area (Å²) in [6.07, 6.45) is 8.40. The highest BCUT2D eigenvalue weighted by Gasteiger charge is 2.25. The highest BCUT2D eigenvalue weighted by atomic mass is 35.5. The van der Waals surface area contributed by atoms with Crippen LogP contribution in [0.15, 0.2) is 0 Å². The molecular formula is C16H33Cl2N3O. The fourth-order valence-electron chi connectivity index (χ4n) is 3.53. The summed E-state index contributed by atoms with van der Waals surface area (Å²) in [5.41, 5.74) is 5.75. The molecule has 6 heteroatoms. The number of hydrogen-bond acceptors (Lipinski definition) is 3. The third-order valence-electron chi connectivity index (χ3n) is 4.58. The lowest BCUT2D eigenvalue weighted by molar-refractivity contribution is -0.133. The van der Waals surface area contributed by atoms with E-state index in [1.807, 2.05) is 6.92 Å². The van der Waals surface area contributed by atoms with Crippen molar-refractivity contribution in [3.8, 4) is 0 Å². The Hall–Kier alpha value is -0.0300. The zero-order chi connectivity index (χ0) is 14.4. The number of nitrogens with zero attached hydrogens (tertiary/aromatic N) is 2. The third kappa shape index (κ3) is 7.49. The van der Waals surface area contributed by atoms with Crippen molar-refractivity contribution in [3.05, 3.63) is 0 Å². The molecule has 2 fully saturated rings. The molecule has 1 amide bonds. The summed E-state index contributed by atoms with van der Waals surface area (Å²) in [6, 6.07) is -0.0199. The van der Waals surface area contributed by atoms with E-state index in [0.717, 1.165) is 19.5 Å². The van der Waals surface area contributed by atoms with Crippen LogP contribution in [0.3, 0.4) is 0 Å². The number of halogens is 2. The van der Waals surface area contributed by atoms with E-state index in [9.17, 15) is 4.79 Å². The molecule has 2 aliphatic heterocycles. The number of amides is 1. The van der Waals surface area contributed by atoms with Gasteiger partial charge in [-0.2, -0.15) is 0 Å². The lowest BCUT2D eigenvalue weighted by Crippen LogP contribution is -2.45. The van der Waals surface area contributed by atoms with Gasteiger partial charge >= 0.3 is 0 Å². The van der Waals surface area contributed by atoms with Crippen LogP contribution >= 0.6 is 24.8 Å². The number of hydrogen-bond donors (Lipinski definition) is 1. The Bertz CT molecular complexity index is 308. The molecule has 0 aromatic rings. The fourth-order valence-corrected chi connectivity index (χ4v) is 3.53. The molecule has 2 N–H and O–H groups in total. The minimum atomic E-state index is -0.0199. The first kappa shape index (κ1) is 22.0. The average Bonchev–Trinajstić information content (AvgIpc) is 2.67. The molecule has 0 aromatic carbocycles. The highest BCUT2D eigenvalue weighted by Crippen LogP contribution is 2.20. The molecule has 2 unspecified atom stereocenters. The van der Waals surface area contributed by atoms with Gasteiger partial charge in [-0.15, -0.1) is 24.8 Å². The monoisotopic (exact) mass is 353 g/mol. The first-order chi connectivity index (χ1) is 9.65. The van der Waals surface area contributed by atoms with E-state index in [1.165, 1.54) is 51.7 Å². The van der Waals surface area contributed by atoms with Crippen molar-refractivity contribution in [1.29, 1.82) is 0 Å². The van der Waals surface area contributed by atoms with Gasteiger partial charge in [0, 0.05) is 32.1 Å². The quantitative estimate of drug-likeness (QED) is 0.845. The summed E-state index contributed by atoms with van der Waals surface area (Å²) in [5, 5.41) is 0. The van der Waals surface area contributed by atoms with Crippen LogP contribution in [0.25, 0.3) is 0 Å². The molecule has 2 atom stereocenters. The summed E-state index contributed by atoms with van der Waals surface area (Å²) in [5.74, 6) is 0.916. The molecule has 2 heterocycles. The van der Waals surface area contributed by atoms with Gasteiger partial charge in [0.25, 0.3) is 0 Å². The van der Waals surface area contributed by atoms with Gasteiger partial charge in [-0.05, 0) is 51.6 Å². The summed E-state index contributed by atoms with van der Waals surface area (Å²) in [6.45, 7) is 7.48. The second-order valence-electron chi connectivity index (χ2n) is 6.74. The van der Waals surface area contributed by atoms with Crippen LogP contribution in [0.5, 0.6) is 0 Å². The SMILES string of the molecule is CC(N)CC(=O)N1CCCC(CN2CCCCCC2)C1.Cl.Cl. The molecule has 4 nitrogen and oxygen atoms in total. The van der Waals surface area contributed by atoms with E-state index >= 15 is 0 Å². The predicted molar refractivity (Wildman–Crippen MR) is 97.0 cm³/mol. The Labute approximate surface area is 148 Å². The maximum absolute atomic E-state index is 12.1. The fraction of sp³-hybridized carbons (Fsp3) is 0.938.